The predicted octanol–water partition coefficient (Wildman–Crippen LogP) is 7.52. The predicted molar refractivity (Wildman–Crippen MR) is 118 cm³/mol. The second kappa shape index (κ2) is 13.1. The summed E-state index contributed by atoms with van der Waals surface area (Å²) in [7, 11) is 0. The van der Waals surface area contributed by atoms with Gasteiger partial charge in [-0.25, -0.2) is 0 Å². The normalized spacial score (nSPS) is 11.2. The number of aryl methyl sites for hydroxylation is 1. The molecule has 0 spiro atoms. The molecule has 0 bridgehead atoms. The third-order valence-electron chi connectivity index (χ3n) is 4.76. The van der Waals surface area contributed by atoms with Crippen molar-refractivity contribution in [3.63, 3.8) is 0 Å². The molecule has 0 amide bonds. The first-order valence-electron chi connectivity index (χ1n) is 10.7. The second-order valence-corrected chi connectivity index (χ2v) is 7.21. The van der Waals surface area contributed by atoms with Crippen LogP contribution in [0.15, 0.2) is 53.5 Å². The van der Waals surface area contributed by atoms with E-state index in [2.05, 4.69) is 55.2 Å². The standard InChI is InChI=1S/C25H35NO/c1-3-5-7-9-11-22-12-16-24(17-13-22)26-21-23-14-18-25(19-15-23)27-20-10-8-6-4-2/h12-19,21H,3-11,20H2,1-2H3. The van der Waals surface area contributed by atoms with Gasteiger partial charge < -0.3 is 4.74 Å². The van der Waals surface area contributed by atoms with Crippen molar-refractivity contribution in [1.82, 2.24) is 0 Å². The highest BCUT2D eigenvalue weighted by molar-refractivity contribution is 5.82. The van der Waals surface area contributed by atoms with E-state index in [1.54, 1.807) is 0 Å². The highest BCUT2D eigenvalue weighted by Crippen LogP contribution is 2.16. The van der Waals surface area contributed by atoms with E-state index in [1.165, 1.54) is 56.9 Å². The summed E-state index contributed by atoms with van der Waals surface area (Å²) in [6.07, 6.45) is 13.3. The van der Waals surface area contributed by atoms with Gasteiger partial charge in [0.15, 0.2) is 0 Å². The van der Waals surface area contributed by atoms with Crippen molar-refractivity contribution in [3.05, 3.63) is 59.7 Å². The number of ether oxygens (including phenoxy) is 1. The molecular weight excluding hydrogens is 330 g/mol. The van der Waals surface area contributed by atoms with E-state index in [9.17, 15) is 0 Å². The van der Waals surface area contributed by atoms with Gasteiger partial charge in [0.25, 0.3) is 0 Å². The first kappa shape index (κ1) is 21.2. The largest absolute Gasteiger partial charge is 0.494 e. The molecule has 0 aromatic heterocycles. The third kappa shape index (κ3) is 8.90. The summed E-state index contributed by atoms with van der Waals surface area (Å²) in [6, 6.07) is 16.8. The molecule has 27 heavy (non-hydrogen) atoms. The number of benzene rings is 2. The first-order chi connectivity index (χ1) is 13.3. The highest BCUT2D eigenvalue weighted by Gasteiger charge is 1.96. The maximum Gasteiger partial charge on any atom is 0.119 e. The van der Waals surface area contributed by atoms with Crippen LogP contribution in [0.5, 0.6) is 5.75 Å². The van der Waals surface area contributed by atoms with Crippen LogP contribution in [-0.4, -0.2) is 12.8 Å². The van der Waals surface area contributed by atoms with E-state index in [0.717, 1.165) is 30.0 Å². The molecule has 2 rings (SSSR count). The third-order valence-corrected chi connectivity index (χ3v) is 4.76. The van der Waals surface area contributed by atoms with Crippen molar-refractivity contribution >= 4 is 11.9 Å². The van der Waals surface area contributed by atoms with Gasteiger partial charge >= 0.3 is 0 Å². The molecule has 0 radical (unpaired) electrons. The van der Waals surface area contributed by atoms with Gasteiger partial charge in [-0.05, 0) is 66.8 Å². The summed E-state index contributed by atoms with van der Waals surface area (Å²) in [5, 5.41) is 0. The molecule has 2 heteroatoms. The lowest BCUT2D eigenvalue weighted by Gasteiger charge is -2.06. The van der Waals surface area contributed by atoms with Gasteiger partial charge in [-0.3, -0.25) is 4.99 Å². The summed E-state index contributed by atoms with van der Waals surface area (Å²) in [4.78, 5) is 4.59. The Morgan fingerprint density at radius 1 is 0.741 bits per heavy atom. The topological polar surface area (TPSA) is 21.6 Å². The number of nitrogens with zero attached hydrogens (tertiary/aromatic N) is 1. The molecule has 2 aromatic rings. The van der Waals surface area contributed by atoms with E-state index < -0.39 is 0 Å². The minimum Gasteiger partial charge on any atom is -0.494 e. The Morgan fingerprint density at radius 2 is 1.41 bits per heavy atom. The number of hydrogen-bond acceptors (Lipinski definition) is 2. The molecular formula is C25H35NO. The maximum atomic E-state index is 5.79. The first-order valence-corrected chi connectivity index (χ1v) is 10.7. The fraction of sp³-hybridized carbons (Fsp3) is 0.480. The molecule has 2 aromatic carbocycles. The van der Waals surface area contributed by atoms with E-state index in [0.29, 0.717) is 0 Å². The van der Waals surface area contributed by atoms with E-state index in [1.807, 2.05) is 18.3 Å². The molecule has 0 N–H and O–H groups in total. The molecule has 0 aliphatic carbocycles. The van der Waals surface area contributed by atoms with Crippen molar-refractivity contribution in [2.45, 2.75) is 71.6 Å². The zero-order valence-corrected chi connectivity index (χ0v) is 17.1. The van der Waals surface area contributed by atoms with E-state index >= 15 is 0 Å². The average Bonchev–Trinajstić information content (AvgIpc) is 2.71. The molecule has 0 saturated heterocycles. The van der Waals surface area contributed by atoms with Crippen LogP contribution in [0, 0.1) is 0 Å². The number of rotatable bonds is 13. The smallest absolute Gasteiger partial charge is 0.119 e. The van der Waals surface area contributed by atoms with E-state index in [-0.39, 0.29) is 0 Å². The Labute approximate surface area is 165 Å². The van der Waals surface area contributed by atoms with Gasteiger partial charge in [0.2, 0.25) is 0 Å². The number of aliphatic imine (C=N–C) groups is 1. The van der Waals surface area contributed by atoms with Crippen LogP contribution in [0.25, 0.3) is 0 Å². The molecule has 0 heterocycles. The Hall–Kier alpha value is -2.09. The molecule has 0 aliphatic rings. The summed E-state index contributed by atoms with van der Waals surface area (Å²) in [6.45, 7) is 5.28. The Morgan fingerprint density at radius 3 is 2.07 bits per heavy atom. The van der Waals surface area contributed by atoms with Gasteiger partial charge in [0, 0.05) is 6.21 Å². The second-order valence-electron chi connectivity index (χ2n) is 7.21. The van der Waals surface area contributed by atoms with Crippen LogP contribution >= 0.6 is 0 Å². The quantitative estimate of drug-likeness (QED) is 0.266. The lowest BCUT2D eigenvalue weighted by Crippen LogP contribution is -1.97. The van der Waals surface area contributed by atoms with Gasteiger partial charge in [0.05, 0.1) is 12.3 Å². The fourth-order valence-electron chi connectivity index (χ4n) is 3.02. The summed E-state index contributed by atoms with van der Waals surface area (Å²) >= 11 is 0. The molecule has 2 nitrogen and oxygen atoms in total. The highest BCUT2D eigenvalue weighted by atomic mass is 16.5. The molecule has 0 saturated carbocycles. The maximum absolute atomic E-state index is 5.79. The van der Waals surface area contributed by atoms with Crippen LogP contribution in [0.1, 0.15) is 76.3 Å². The summed E-state index contributed by atoms with van der Waals surface area (Å²) < 4.78 is 5.79. The fourth-order valence-corrected chi connectivity index (χ4v) is 3.02. The van der Waals surface area contributed by atoms with Gasteiger partial charge in [-0.15, -0.1) is 0 Å². The van der Waals surface area contributed by atoms with Crippen molar-refractivity contribution < 1.29 is 4.74 Å². The summed E-state index contributed by atoms with van der Waals surface area (Å²) in [5.74, 6) is 0.941. The van der Waals surface area contributed by atoms with Crippen molar-refractivity contribution in [2.24, 2.45) is 4.99 Å². The van der Waals surface area contributed by atoms with Crippen molar-refractivity contribution in [1.29, 1.82) is 0 Å². The van der Waals surface area contributed by atoms with Crippen LogP contribution in [0.2, 0.25) is 0 Å². The van der Waals surface area contributed by atoms with Gasteiger partial charge in [-0.2, -0.15) is 0 Å². The zero-order chi connectivity index (χ0) is 19.2. The summed E-state index contributed by atoms with van der Waals surface area (Å²) in [5.41, 5.74) is 3.51. The lowest BCUT2D eigenvalue weighted by molar-refractivity contribution is 0.305. The molecule has 0 unspecified atom stereocenters. The Balaban J connectivity index is 1.76. The van der Waals surface area contributed by atoms with Crippen LogP contribution in [0.4, 0.5) is 5.69 Å². The molecule has 146 valence electrons. The number of unbranched alkanes of at least 4 members (excludes halogenated alkanes) is 6. The number of hydrogen-bond donors (Lipinski definition) is 0. The van der Waals surface area contributed by atoms with Crippen LogP contribution in [0.3, 0.4) is 0 Å². The minimum absolute atomic E-state index is 0.804. The zero-order valence-electron chi connectivity index (χ0n) is 17.1. The SMILES string of the molecule is CCCCCCOc1ccc(C=Nc2ccc(CCCCCC)cc2)cc1. The molecule has 0 fully saturated rings. The monoisotopic (exact) mass is 365 g/mol. The van der Waals surface area contributed by atoms with Gasteiger partial charge in [0.1, 0.15) is 5.75 Å². The van der Waals surface area contributed by atoms with Crippen molar-refractivity contribution in [3.8, 4) is 5.75 Å². The lowest BCUT2D eigenvalue weighted by atomic mass is 10.1. The van der Waals surface area contributed by atoms with E-state index in [4.69, 9.17) is 4.74 Å². The van der Waals surface area contributed by atoms with Gasteiger partial charge in [-0.1, -0.05) is 64.5 Å². The molecule has 0 atom stereocenters. The minimum atomic E-state index is 0.804. The van der Waals surface area contributed by atoms with Crippen LogP contribution < -0.4 is 4.74 Å². The Bertz CT molecular complexity index is 643. The van der Waals surface area contributed by atoms with Crippen molar-refractivity contribution in [2.75, 3.05) is 6.61 Å². The molecule has 0 aliphatic heterocycles. The Kier molecular flexibility index (Phi) is 10.3. The van der Waals surface area contributed by atoms with Crippen LogP contribution in [-0.2, 0) is 6.42 Å². The average molecular weight is 366 g/mol.